The Morgan fingerprint density at radius 1 is 0.967 bits per heavy atom. The molecule has 6 nitrogen and oxygen atoms in total. The van der Waals surface area contributed by atoms with Crippen LogP contribution < -0.4 is 5.32 Å². The molecule has 1 N–H and O–H groups in total. The fourth-order valence-corrected chi connectivity index (χ4v) is 4.02. The lowest BCUT2D eigenvalue weighted by Crippen LogP contribution is -2.15. The van der Waals surface area contributed by atoms with Crippen LogP contribution in [0.5, 0.6) is 0 Å². The molecular weight excluding hydrogens is 462 g/mol. The molecule has 0 spiro atoms. The van der Waals surface area contributed by atoms with Crippen LogP contribution in [0, 0.1) is 0 Å². The van der Waals surface area contributed by atoms with Crippen molar-refractivity contribution in [1.29, 1.82) is 0 Å². The fraction of sp³-hybridized carbons (Fsp3) is 0.0909. The van der Waals surface area contributed by atoms with E-state index in [-0.39, 0.29) is 11.7 Å². The normalized spacial score (nSPS) is 10.7. The van der Waals surface area contributed by atoms with Crippen LogP contribution in [-0.4, -0.2) is 31.4 Å². The second-order valence-corrected chi connectivity index (χ2v) is 8.23. The average molecular weight is 480 g/mol. The molecule has 0 atom stereocenters. The molecule has 30 heavy (non-hydrogen) atoms. The zero-order valence-electron chi connectivity index (χ0n) is 15.9. The van der Waals surface area contributed by atoms with E-state index in [9.17, 15) is 4.79 Å². The number of anilines is 1. The number of para-hydroxylation sites is 1. The largest absolute Gasteiger partial charge is 0.324 e. The molecule has 8 heteroatoms. The Bertz CT molecular complexity index is 1130. The molecule has 0 bridgehead atoms. The van der Waals surface area contributed by atoms with Gasteiger partial charge in [-0.15, -0.1) is 10.2 Å². The van der Waals surface area contributed by atoms with Crippen LogP contribution in [0.2, 0.25) is 0 Å². The van der Waals surface area contributed by atoms with Gasteiger partial charge in [0.15, 0.2) is 11.0 Å². The molecule has 0 unspecified atom stereocenters. The predicted octanol–water partition coefficient (Wildman–Crippen LogP) is 4.88. The molecule has 2 aromatic carbocycles. The van der Waals surface area contributed by atoms with Crippen LogP contribution in [0.1, 0.15) is 5.56 Å². The van der Waals surface area contributed by atoms with Crippen LogP contribution in [0.15, 0.2) is 88.8 Å². The number of hydrogen-bond acceptors (Lipinski definition) is 5. The molecule has 0 saturated heterocycles. The van der Waals surface area contributed by atoms with Gasteiger partial charge < -0.3 is 5.32 Å². The summed E-state index contributed by atoms with van der Waals surface area (Å²) >= 11 is 4.81. The standard InChI is InChI=1S/C22H18BrN5OS/c23-18-8-4-5-9-19(18)25-20(29)15-30-22-27-26-21(17-10-12-24-13-11-17)28(22)14-16-6-2-1-3-7-16/h1-13H,14-15H2,(H,25,29). The highest BCUT2D eigenvalue weighted by atomic mass is 79.9. The van der Waals surface area contributed by atoms with Gasteiger partial charge in [-0.2, -0.15) is 0 Å². The van der Waals surface area contributed by atoms with Crippen molar-refractivity contribution in [3.63, 3.8) is 0 Å². The summed E-state index contributed by atoms with van der Waals surface area (Å²) in [6.07, 6.45) is 3.46. The maximum Gasteiger partial charge on any atom is 0.234 e. The molecule has 0 radical (unpaired) electrons. The number of rotatable bonds is 7. The summed E-state index contributed by atoms with van der Waals surface area (Å²) in [6, 6.07) is 21.4. The van der Waals surface area contributed by atoms with E-state index >= 15 is 0 Å². The molecule has 2 aromatic heterocycles. The number of benzene rings is 2. The Morgan fingerprint density at radius 3 is 2.47 bits per heavy atom. The smallest absolute Gasteiger partial charge is 0.234 e. The van der Waals surface area contributed by atoms with Crippen LogP contribution in [-0.2, 0) is 11.3 Å². The van der Waals surface area contributed by atoms with Crippen LogP contribution in [0.4, 0.5) is 5.69 Å². The van der Waals surface area contributed by atoms with Crippen molar-refractivity contribution in [2.75, 3.05) is 11.1 Å². The lowest BCUT2D eigenvalue weighted by molar-refractivity contribution is -0.113. The van der Waals surface area contributed by atoms with Crippen molar-refractivity contribution in [3.8, 4) is 11.4 Å². The molecule has 1 amide bonds. The van der Waals surface area contributed by atoms with Crippen molar-refractivity contribution in [1.82, 2.24) is 19.7 Å². The molecule has 0 fully saturated rings. The van der Waals surface area contributed by atoms with Crippen molar-refractivity contribution >= 4 is 39.3 Å². The van der Waals surface area contributed by atoms with Crippen LogP contribution >= 0.6 is 27.7 Å². The van der Waals surface area contributed by atoms with Gasteiger partial charge in [0, 0.05) is 22.4 Å². The van der Waals surface area contributed by atoms with Gasteiger partial charge in [-0.05, 0) is 45.8 Å². The first kappa shape index (κ1) is 20.3. The van der Waals surface area contributed by atoms with Crippen molar-refractivity contribution < 1.29 is 4.79 Å². The highest BCUT2D eigenvalue weighted by molar-refractivity contribution is 9.10. The minimum Gasteiger partial charge on any atom is -0.324 e. The zero-order chi connectivity index (χ0) is 20.8. The molecule has 0 saturated carbocycles. The first-order valence-electron chi connectivity index (χ1n) is 9.25. The van der Waals surface area contributed by atoms with E-state index < -0.39 is 0 Å². The molecule has 2 heterocycles. The maximum atomic E-state index is 12.5. The third-order valence-electron chi connectivity index (χ3n) is 4.32. The minimum absolute atomic E-state index is 0.105. The summed E-state index contributed by atoms with van der Waals surface area (Å²) in [5, 5.41) is 12.3. The van der Waals surface area contributed by atoms with Crippen LogP contribution in [0.3, 0.4) is 0 Å². The van der Waals surface area contributed by atoms with Crippen molar-refractivity contribution in [3.05, 3.63) is 89.2 Å². The Hall–Kier alpha value is -2.97. The Balaban J connectivity index is 1.54. The molecule has 0 aliphatic heterocycles. The summed E-state index contributed by atoms with van der Waals surface area (Å²) in [6.45, 7) is 0.611. The average Bonchev–Trinajstić information content (AvgIpc) is 3.17. The summed E-state index contributed by atoms with van der Waals surface area (Å²) < 4.78 is 2.87. The Morgan fingerprint density at radius 2 is 1.70 bits per heavy atom. The van der Waals surface area contributed by atoms with E-state index in [0.29, 0.717) is 11.7 Å². The second-order valence-electron chi connectivity index (χ2n) is 6.43. The number of amides is 1. The minimum atomic E-state index is -0.105. The number of thioether (sulfide) groups is 1. The number of halogens is 1. The lowest BCUT2D eigenvalue weighted by atomic mass is 10.2. The third kappa shape index (κ3) is 4.95. The number of aromatic nitrogens is 4. The van der Waals surface area contributed by atoms with Gasteiger partial charge in [-0.3, -0.25) is 14.3 Å². The summed E-state index contributed by atoms with van der Waals surface area (Å²) in [7, 11) is 0. The summed E-state index contributed by atoms with van der Waals surface area (Å²) in [5.41, 5.74) is 2.80. The number of hydrogen-bond donors (Lipinski definition) is 1. The topological polar surface area (TPSA) is 72.7 Å². The monoisotopic (exact) mass is 479 g/mol. The van der Waals surface area contributed by atoms with E-state index in [4.69, 9.17) is 0 Å². The van der Waals surface area contributed by atoms with Gasteiger partial charge in [0.1, 0.15) is 0 Å². The Kier molecular flexibility index (Phi) is 6.56. The van der Waals surface area contributed by atoms with E-state index in [0.717, 1.165) is 27.1 Å². The van der Waals surface area contributed by atoms with E-state index in [1.807, 2.05) is 59.2 Å². The second kappa shape index (κ2) is 9.69. The Labute approximate surface area is 186 Å². The van der Waals surface area contributed by atoms with Crippen molar-refractivity contribution in [2.45, 2.75) is 11.7 Å². The molecular formula is C22H18BrN5OS. The number of carbonyl (C=O) groups excluding carboxylic acids is 1. The van der Waals surface area contributed by atoms with E-state index in [2.05, 4.69) is 48.6 Å². The molecule has 0 aliphatic rings. The van der Waals surface area contributed by atoms with Crippen LogP contribution in [0.25, 0.3) is 11.4 Å². The first-order valence-corrected chi connectivity index (χ1v) is 11.0. The molecule has 4 aromatic rings. The number of nitrogens with one attached hydrogen (secondary N) is 1. The van der Waals surface area contributed by atoms with Gasteiger partial charge >= 0.3 is 0 Å². The third-order valence-corrected chi connectivity index (χ3v) is 5.98. The first-order chi connectivity index (χ1) is 14.7. The molecule has 4 rings (SSSR count). The molecule has 150 valence electrons. The SMILES string of the molecule is O=C(CSc1nnc(-c2ccncc2)n1Cc1ccccc1)Nc1ccccc1Br. The van der Waals surface area contributed by atoms with Gasteiger partial charge in [-0.1, -0.05) is 54.2 Å². The quantitative estimate of drug-likeness (QED) is 0.382. The number of nitrogens with zero attached hydrogens (tertiary/aromatic N) is 4. The van der Waals surface area contributed by atoms with Gasteiger partial charge in [0.05, 0.1) is 18.0 Å². The van der Waals surface area contributed by atoms with Crippen molar-refractivity contribution in [2.24, 2.45) is 0 Å². The summed E-state index contributed by atoms with van der Waals surface area (Å²) in [5.74, 6) is 0.867. The zero-order valence-corrected chi connectivity index (χ0v) is 18.3. The fourth-order valence-electron chi connectivity index (χ4n) is 2.90. The number of pyridine rings is 1. The maximum absolute atomic E-state index is 12.5. The number of carbonyl (C=O) groups is 1. The predicted molar refractivity (Wildman–Crippen MR) is 122 cm³/mol. The highest BCUT2D eigenvalue weighted by Gasteiger charge is 2.16. The van der Waals surface area contributed by atoms with Gasteiger partial charge in [-0.25, -0.2) is 0 Å². The van der Waals surface area contributed by atoms with Gasteiger partial charge in [0.25, 0.3) is 0 Å². The van der Waals surface area contributed by atoms with E-state index in [1.165, 1.54) is 11.8 Å². The molecule has 0 aliphatic carbocycles. The van der Waals surface area contributed by atoms with E-state index in [1.54, 1.807) is 12.4 Å². The highest BCUT2D eigenvalue weighted by Crippen LogP contribution is 2.26. The lowest BCUT2D eigenvalue weighted by Gasteiger charge is -2.11. The van der Waals surface area contributed by atoms with Gasteiger partial charge in [0.2, 0.25) is 5.91 Å². The summed E-state index contributed by atoms with van der Waals surface area (Å²) in [4.78, 5) is 16.5.